The Morgan fingerprint density at radius 2 is 1.89 bits per heavy atom. The van der Waals surface area contributed by atoms with Crippen LogP contribution in [0.15, 0.2) is 48.5 Å². The van der Waals surface area contributed by atoms with Gasteiger partial charge < -0.3 is 10.5 Å². The number of halogens is 1. The molecule has 0 radical (unpaired) electrons. The minimum atomic E-state index is -0.297. The topological polar surface area (TPSA) is 35.2 Å². The van der Waals surface area contributed by atoms with Crippen LogP contribution in [0.2, 0.25) is 0 Å². The molecule has 1 unspecified atom stereocenters. The Morgan fingerprint density at radius 1 is 1.17 bits per heavy atom. The first-order chi connectivity index (χ1) is 8.70. The SMILES string of the molecule is COc1ccc(F)cc1C(N)Cc1ccccc1. The van der Waals surface area contributed by atoms with Crippen LogP contribution in [0.25, 0.3) is 0 Å². The zero-order valence-corrected chi connectivity index (χ0v) is 10.3. The summed E-state index contributed by atoms with van der Waals surface area (Å²) in [6.07, 6.45) is 0.653. The largest absolute Gasteiger partial charge is 0.496 e. The van der Waals surface area contributed by atoms with Gasteiger partial charge >= 0.3 is 0 Å². The van der Waals surface area contributed by atoms with E-state index in [-0.39, 0.29) is 11.9 Å². The predicted molar refractivity (Wildman–Crippen MR) is 70.0 cm³/mol. The van der Waals surface area contributed by atoms with Crippen LogP contribution in [0, 0.1) is 5.82 Å². The number of benzene rings is 2. The highest BCUT2D eigenvalue weighted by atomic mass is 19.1. The van der Waals surface area contributed by atoms with Gasteiger partial charge in [0.15, 0.2) is 0 Å². The summed E-state index contributed by atoms with van der Waals surface area (Å²) in [5.74, 6) is 0.328. The molecule has 0 heterocycles. The van der Waals surface area contributed by atoms with E-state index in [1.165, 1.54) is 12.1 Å². The van der Waals surface area contributed by atoms with Crippen molar-refractivity contribution < 1.29 is 9.13 Å². The summed E-state index contributed by atoms with van der Waals surface area (Å²) in [7, 11) is 1.56. The van der Waals surface area contributed by atoms with Gasteiger partial charge in [-0.2, -0.15) is 0 Å². The maximum atomic E-state index is 13.3. The zero-order valence-electron chi connectivity index (χ0n) is 10.3. The van der Waals surface area contributed by atoms with Gasteiger partial charge in [0, 0.05) is 11.6 Å². The lowest BCUT2D eigenvalue weighted by Gasteiger charge is -2.15. The first kappa shape index (κ1) is 12.6. The van der Waals surface area contributed by atoms with Crippen molar-refractivity contribution in [2.75, 3.05) is 7.11 Å². The summed E-state index contributed by atoms with van der Waals surface area (Å²) in [5, 5.41) is 0. The fourth-order valence-corrected chi connectivity index (χ4v) is 1.97. The molecular formula is C15H16FNO. The van der Waals surface area contributed by atoms with E-state index in [2.05, 4.69) is 0 Å². The quantitative estimate of drug-likeness (QED) is 0.898. The van der Waals surface area contributed by atoms with Crippen molar-refractivity contribution in [3.05, 3.63) is 65.5 Å². The molecule has 0 bridgehead atoms. The van der Waals surface area contributed by atoms with Crippen LogP contribution in [0.3, 0.4) is 0 Å². The minimum Gasteiger partial charge on any atom is -0.496 e. The molecule has 2 N–H and O–H groups in total. The van der Waals surface area contributed by atoms with Crippen molar-refractivity contribution >= 4 is 0 Å². The molecule has 0 saturated carbocycles. The van der Waals surface area contributed by atoms with E-state index in [1.54, 1.807) is 13.2 Å². The van der Waals surface area contributed by atoms with Gasteiger partial charge in [-0.1, -0.05) is 30.3 Å². The zero-order chi connectivity index (χ0) is 13.0. The summed E-state index contributed by atoms with van der Waals surface area (Å²) in [5.41, 5.74) is 7.94. The van der Waals surface area contributed by atoms with Crippen LogP contribution in [-0.4, -0.2) is 7.11 Å². The average Bonchev–Trinajstić information content (AvgIpc) is 2.40. The molecule has 0 amide bonds. The van der Waals surface area contributed by atoms with Gasteiger partial charge in [0.25, 0.3) is 0 Å². The number of hydrogen-bond acceptors (Lipinski definition) is 2. The highest BCUT2D eigenvalue weighted by Crippen LogP contribution is 2.26. The second kappa shape index (κ2) is 5.65. The van der Waals surface area contributed by atoms with Crippen LogP contribution in [0.5, 0.6) is 5.75 Å². The first-order valence-corrected chi connectivity index (χ1v) is 5.83. The Morgan fingerprint density at radius 3 is 2.56 bits per heavy atom. The second-order valence-electron chi connectivity index (χ2n) is 4.18. The smallest absolute Gasteiger partial charge is 0.123 e. The fourth-order valence-electron chi connectivity index (χ4n) is 1.97. The van der Waals surface area contributed by atoms with E-state index in [9.17, 15) is 4.39 Å². The van der Waals surface area contributed by atoms with E-state index >= 15 is 0 Å². The van der Waals surface area contributed by atoms with Crippen molar-refractivity contribution in [1.82, 2.24) is 0 Å². The molecular weight excluding hydrogens is 229 g/mol. The van der Waals surface area contributed by atoms with Crippen molar-refractivity contribution in [3.8, 4) is 5.75 Å². The average molecular weight is 245 g/mol. The normalized spacial score (nSPS) is 12.2. The third-order valence-electron chi connectivity index (χ3n) is 2.89. The summed E-state index contributed by atoms with van der Waals surface area (Å²) in [6, 6.07) is 14.0. The molecule has 2 nitrogen and oxygen atoms in total. The molecule has 0 saturated heterocycles. The highest BCUT2D eigenvalue weighted by Gasteiger charge is 2.13. The third-order valence-corrected chi connectivity index (χ3v) is 2.89. The van der Waals surface area contributed by atoms with Crippen LogP contribution in [-0.2, 0) is 6.42 Å². The molecule has 2 rings (SSSR count). The van der Waals surface area contributed by atoms with Gasteiger partial charge in [0.1, 0.15) is 11.6 Å². The van der Waals surface area contributed by atoms with Crippen molar-refractivity contribution in [2.45, 2.75) is 12.5 Å². The number of nitrogens with two attached hydrogens (primary N) is 1. The van der Waals surface area contributed by atoms with E-state index in [1.807, 2.05) is 30.3 Å². The maximum absolute atomic E-state index is 13.3. The number of rotatable bonds is 4. The third kappa shape index (κ3) is 2.87. The van der Waals surface area contributed by atoms with E-state index < -0.39 is 0 Å². The molecule has 0 fully saturated rings. The summed E-state index contributed by atoms with van der Waals surface area (Å²) in [4.78, 5) is 0. The highest BCUT2D eigenvalue weighted by molar-refractivity contribution is 5.37. The van der Waals surface area contributed by atoms with E-state index in [0.717, 1.165) is 5.56 Å². The van der Waals surface area contributed by atoms with Crippen molar-refractivity contribution in [2.24, 2.45) is 5.73 Å². The number of hydrogen-bond donors (Lipinski definition) is 1. The molecule has 0 aromatic heterocycles. The Labute approximate surface area is 106 Å². The number of ether oxygens (including phenoxy) is 1. The Kier molecular flexibility index (Phi) is 3.95. The lowest BCUT2D eigenvalue weighted by atomic mass is 9.99. The Hall–Kier alpha value is -1.87. The van der Waals surface area contributed by atoms with Crippen LogP contribution < -0.4 is 10.5 Å². The van der Waals surface area contributed by atoms with Gasteiger partial charge in [-0.05, 0) is 30.2 Å². The fraction of sp³-hybridized carbons (Fsp3) is 0.200. The monoisotopic (exact) mass is 245 g/mol. The Bertz CT molecular complexity index is 513. The first-order valence-electron chi connectivity index (χ1n) is 5.83. The molecule has 0 aliphatic rings. The summed E-state index contributed by atoms with van der Waals surface area (Å²) < 4.78 is 18.5. The van der Waals surface area contributed by atoms with Crippen LogP contribution in [0.4, 0.5) is 4.39 Å². The Balaban J connectivity index is 2.23. The predicted octanol–water partition coefficient (Wildman–Crippen LogP) is 3.08. The molecule has 2 aromatic carbocycles. The van der Waals surface area contributed by atoms with Gasteiger partial charge in [-0.25, -0.2) is 4.39 Å². The maximum Gasteiger partial charge on any atom is 0.123 e. The summed E-state index contributed by atoms with van der Waals surface area (Å²) in [6.45, 7) is 0. The van der Waals surface area contributed by atoms with Crippen molar-refractivity contribution in [1.29, 1.82) is 0 Å². The molecule has 94 valence electrons. The molecule has 0 spiro atoms. The summed E-state index contributed by atoms with van der Waals surface area (Å²) >= 11 is 0. The molecule has 0 aliphatic heterocycles. The molecule has 0 aliphatic carbocycles. The van der Waals surface area contributed by atoms with Crippen molar-refractivity contribution in [3.63, 3.8) is 0 Å². The molecule has 18 heavy (non-hydrogen) atoms. The lowest BCUT2D eigenvalue weighted by molar-refractivity contribution is 0.404. The van der Waals surface area contributed by atoms with Crippen LogP contribution in [0.1, 0.15) is 17.2 Å². The second-order valence-corrected chi connectivity index (χ2v) is 4.18. The van der Waals surface area contributed by atoms with Gasteiger partial charge in [0.05, 0.1) is 7.11 Å². The van der Waals surface area contributed by atoms with Crippen LogP contribution >= 0.6 is 0 Å². The van der Waals surface area contributed by atoms with Gasteiger partial charge in [-0.15, -0.1) is 0 Å². The molecule has 3 heteroatoms. The van der Waals surface area contributed by atoms with E-state index in [4.69, 9.17) is 10.5 Å². The number of methoxy groups -OCH3 is 1. The minimum absolute atomic E-state index is 0.280. The lowest BCUT2D eigenvalue weighted by Crippen LogP contribution is -2.14. The van der Waals surface area contributed by atoms with Gasteiger partial charge in [-0.3, -0.25) is 0 Å². The van der Waals surface area contributed by atoms with E-state index in [0.29, 0.717) is 17.7 Å². The standard InChI is InChI=1S/C15H16FNO/c1-18-15-8-7-12(16)10-13(15)14(17)9-11-5-3-2-4-6-11/h2-8,10,14H,9,17H2,1H3. The molecule has 2 aromatic rings. The van der Waals surface area contributed by atoms with Gasteiger partial charge in [0.2, 0.25) is 0 Å². The molecule has 1 atom stereocenters.